The molecule has 1 aromatic carbocycles. The van der Waals surface area contributed by atoms with Crippen molar-refractivity contribution >= 4 is 5.69 Å². The number of ether oxygens (including phenoxy) is 1. The van der Waals surface area contributed by atoms with E-state index < -0.39 is 0 Å². The minimum absolute atomic E-state index is 0.627. The van der Waals surface area contributed by atoms with Crippen molar-refractivity contribution in [3.8, 4) is 11.5 Å². The molecular formula is C17H19N3O. The number of hydrogen-bond donors (Lipinski definition) is 1. The molecule has 2 unspecified atom stereocenters. The van der Waals surface area contributed by atoms with Crippen LogP contribution in [0, 0.1) is 5.92 Å². The molecule has 0 spiro atoms. The highest BCUT2D eigenvalue weighted by Gasteiger charge is 2.32. The van der Waals surface area contributed by atoms with Gasteiger partial charge in [0.1, 0.15) is 11.5 Å². The van der Waals surface area contributed by atoms with Gasteiger partial charge in [0.05, 0.1) is 18.1 Å². The number of aromatic nitrogens is 1. The van der Waals surface area contributed by atoms with Crippen LogP contribution in [0.3, 0.4) is 0 Å². The highest BCUT2D eigenvalue weighted by atomic mass is 16.5. The lowest BCUT2D eigenvalue weighted by Gasteiger charge is -2.32. The molecule has 2 aromatic rings. The summed E-state index contributed by atoms with van der Waals surface area (Å²) in [4.78, 5) is 6.76. The molecule has 21 heavy (non-hydrogen) atoms. The Hall–Kier alpha value is -2.07. The number of nitrogens with zero attached hydrogens (tertiary/aromatic N) is 2. The summed E-state index contributed by atoms with van der Waals surface area (Å²) in [7, 11) is 0. The van der Waals surface area contributed by atoms with Gasteiger partial charge in [-0.2, -0.15) is 0 Å². The van der Waals surface area contributed by atoms with Gasteiger partial charge in [0.2, 0.25) is 0 Å². The quantitative estimate of drug-likeness (QED) is 0.938. The molecule has 1 aromatic heterocycles. The minimum atomic E-state index is 0.627. The minimum Gasteiger partial charge on any atom is -0.456 e. The number of anilines is 1. The Kier molecular flexibility index (Phi) is 3.24. The van der Waals surface area contributed by atoms with Crippen molar-refractivity contribution in [3.05, 3.63) is 48.8 Å². The van der Waals surface area contributed by atoms with Crippen molar-refractivity contribution in [1.82, 2.24) is 10.3 Å². The molecule has 4 heteroatoms. The molecule has 2 atom stereocenters. The summed E-state index contributed by atoms with van der Waals surface area (Å²) in [6.07, 6.45) is 5.01. The summed E-state index contributed by atoms with van der Waals surface area (Å²) < 4.78 is 5.87. The van der Waals surface area contributed by atoms with E-state index in [-0.39, 0.29) is 0 Å². The molecule has 2 fully saturated rings. The number of rotatable bonds is 3. The van der Waals surface area contributed by atoms with Crippen LogP contribution in [0.25, 0.3) is 0 Å². The van der Waals surface area contributed by atoms with E-state index in [1.165, 1.54) is 6.42 Å². The van der Waals surface area contributed by atoms with Crippen LogP contribution in [0.4, 0.5) is 5.69 Å². The Morgan fingerprint density at radius 1 is 1.10 bits per heavy atom. The molecule has 4 rings (SSSR count). The van der Waals surface area contributed by atoms with Gasteiger partial charge in [-0.15, -0.1) is 0 Å². The number of nitrogens with one attached hydrogen (secondary N) is 1. The van der Waals surface area contributed by atoms with Crippen LogP contribution in [0.1, 0.15) is 6.42 Å². The first-order chi connectivity index (χ1) is 10.4. The lowest BCUT2D eigenvalue weighted by atomic mass is 10.00. The summed E-state index contributed by atoms with van der Waals surface area (Å²) in [5.74, 6) is 2.41. The molecule has 2 aliphatic heterocycles. The van der Waals surface area contributed by atoms with Crippen LogP contribution in [0.5, 0.6) is 11.5 Å². The molecule has 0 radical (unpaired) electrons. The number of benzene rings is 1. The van der Waals surface area contributed by atoms with E-state index in [9.17, 15) is 0 Å². The zero-order chi connectivity index (χ0) is 14.1. The second-order valence-electron chi connectivity index (χ2n) is 5.91. The van der Waals surface area contributed by atoms with E-state index in [2.05, 4.69) is 21.3 Å². The van der Waals surface area contributed by atoms with E-state index in [4.69, 9.17) is 4.74 Å². The van der Waals surface area contributed by atoms with Gasteiger partial charge in [-0.05, 0) is 24.5 Å². The third-order valence-corrected chi connectivity index (χ3v) is 4.28. The van der Waals surface area contributed by atoms with Crippen molar-refractivity contribution in [2.75, 3.05) is 24.5 Å². The second-order valence-corrected chi connectivity index (χ2v) is 5.91. The molecule has 108 valence electrons. The summed E-state index contributed by atoms with van der Waals surface area (Å²) in [6.45, 7) is 3.32. The number of hydrogen-bond acceptors (Lipinski definition) is 4. The van der Waals surface area contributed by atoms with Crippen molar-refractivity contribution in [1.29, 1.82) is 0 Å². The summed E-state index contributed by atoms with van der Waals surface area (Å²) in [5.41, 5.74) is 1.15. The molecule has 3 heterocycles. The van der Waals surface area contributed by atoms with E-state index >= 15 is 0 Å². The Balaban J connectivity index is 1.53. The molecule has 2 saturated heterocycles. The van der Waals surface area contributed by atoms with Crippen LogP contribution in [0.2, 0.25) is 0 Å². The van der Waals surface area contributed by atoms with Gasteiger partial charge in [0.15, 0.2) is 0 Å². The third kappa shape index (κ3) is 2.72. The Labute approximate surface area is 124 Å². The highest BCUT2D eigenvalue weighted by molar-refractivity contribution is 5.50. The zero-order valence-electron chi connectivity index (χ0n) is 11.9. The molecule has 0 amide bonds. The maximum absolute atomic E-state index is 5.87. The van der Waals surface area contributed by atoms with Crippen LogP contribution in [0.15, 0.2) is 48.8 Å². The molecule has 4 nitrogen and oxygen atoms in total. The molecular weight excluding hydrogens is 262 g/mol. The van der Waals surface area contributed by atoms with Crippen LogP contribution >= 0.6 is 0 Å². The van der Waals surface area contributed by atoms with Crippen LogP contribution in [-0.4, -0.2) is 30.7 Å². The smallest absolute Gasteiger partial charge is 0.147 e. The van der Waals surface area contributed by atoms with Crippen molar-refractivity contribution in [3.63, 3.8) is 0 Å². The normalized spacial score (nSPS) is 24.1. The first kappa shape index (κ1) is 12.7. The molecule has 0 saturated carbocycles. The average molecular weight is 281 g/mol. The number of piperidine rings is 1. The molecule has 2 aliphatic rings. The monoisotopic (exact) mass is 281 g/mol. The first-order valence-electron chi connectivity index (χ1n) is 7.53. The summed E-state index contributed by atoms with van der Waals surface area (Å²) in [5, 5.41) is 3.58. The fourth-order valence-corrected chi connectivity index (χ4v) is 3.30. The summed E-state index contributed by atoms with van der Waals surface area (Å²) in [6, 6.07) is 12.6. The number of para-hydroxylation sites is 1. The van der Waals surface area contributed by atoms with E-state index in [0.717, 1.165) is 42.7 Å². The average Bonchev–Trinajstić information content (AvgIpc) is 2.87. The Morgan fingerprint density at radius 3 is 2.86 bits per heavy atom. The van der Waals surface area contributed by atoms with Crippen molar-refractivity contribution in [2.45, 2.75) is 12.5 Å². The van der Waals surface area contributed by atoms with Gasteiger partial charge in [-0.25, -0.2) is 0 Å². The highest BCUT2D eigenvalue weighted by Crippen LogP contribution is 2.29. The van der Waals surface area contributed by atoms with Crippen LogP contribution < -0.4 is 15.0 Å². The van der Waals surface area contributed by atoms with Gasteiger partial charge in [0, 0.05) is 31.7 Å². The lowest BCUT2D eigenvalue weighted by Crippen LogP contribution is -2.41. The predicted molar refractivity (Wildman–Crippen MR) is 82.9 cm³/mol. The lowest BCUT2D eigenvalue weighted by molar-refractivity contribution is 0.468. The maximum atomic E-state index is 5.87. The second kappa shape index (κ2) is 5.37. The van der Waals surface area contributed by atoms with Crippen LogP contribution in [-0.2, 0) is 0 Å². The molecule has 0 aliphatic carbocycles. The van der Waals surface area contributed by atoms with Crippen molar-refractivity contribution in [2.24, 2.45) is 5.92 Å². The van der Waals surface area contributed by atoms with E-state index in [1.54, 1.807) is 6.20 Å². The fraction of sp³-hybridized carbons (Fsp3) is 0.353. The maximum Gasteiger partial charge on any atom is 0.147 e. The molecule has 2 bridgehead atoms. The standard InChI is InChI=1S/C17H19N3O/c1-2-4-16(5-3-1)21-17-7-15(9-18-10-17)20-11-13-6-14(12-20)19-8-13/h1-5,7,9-10,13-14,19H,6,8,11-12H2. The SMILES string of the molecule is c1ccc(Oc2cncc(N3CC4CNC(C4)C3)c2)cc1. The topological polar surface area (TPSA) is 37.4 Å². The largest absolute Gasteiger partial charge is 0.456 e. The van der Waals surface area contributed by atoms with Gasteiger partial charge in [-0.3, -0.25) is 4.98 Å². The third-order valence-electron chi connectivity index (χ3n) is 4.28. The number of fused-ring (bicyclic) bond motifs is 2. The van der Waals surface area contributed by atoms with Gasteiger partial charge < -0.3 is 15.0 Å². The van der Waals surface area contributed by atoms with Gasteiger partial charge in [0.25, 0.3) is 0 Å². The summed E-state index contributed by atoms with van der Waals surface area (Å²) >= 11 is 0. The van der Waals surface area contributed by atoms with Crippen molar-refractivity contribution < 1.29 is 4.74 Å². The Morgan fingerprint density at radius 2 is 2.00 bits per heavy atom. The fourth-order valence-electron chi connectivity index (χ4n) is 3.30. The van der Waals surface area contributed by atoms with Gasteiger partial charge in [-0.1, -0.05) is 18.2 Å². The Bertz CT molecular complexity index is 604. The predicted octanol–water partition coefficient (Wildman–Crippen LogP) is 2.67. The van der Waals surface area contributed by atoms with E-state index in [0.29, 0.717) is 6.04 Å². The first-order valence-corrected chi connectivity index (χ1v) is 7.53. The van der Waals surface area contributed by atoms with Gasteiger partial charge >= 0.3 is 0 Å². The zero-order valence-corrected chi connectivity index (χ0v) is 11.9. The number of pyridine rings is 1. The molecule has 1 N–H and O–H groups in total. The van der Waals surface area contributed by atoms with E-state index in [1.807, 2.05) is 36.5 Å².